The van der Waals surface area contributed by atoms with Crippen molar-refractivity contribution in [3.8, 4) is 0 Å². The van der Waals surface area contributed by atoms with Gasteiger partial charge in [-0.2, -0.15) is 0 Å². The number of benzene rings is 1. The van der Waals surface area contributed by atoms with Gasteiger partial charge in [-0.3, -0.25) is 10.7 Å². The van der Waals surface area contributed by atoms with Crippen LogP contribution in [-0.2, 0) is 0 Å². The highest BCUT2D eigenvalue weighted by molar-refractivity contribution is 5.54. The largest absolute Gasteiger partial charge is 0.369 e. The topological polar surface area (TPSA) is 44.5 Å². The molecule has 3 rings (SSSR count). The molecule has 4 heteroatoms. The second kappa shape index (κ2) is 6.50. The van der Waals surface area contributed by atoms with Crippen LogP contribution in [0.15, 0.2) is 36.4 Å². The van der Waals surface area contributed by atoms with Gasteiger partial charge in [0.25, 0.3) is 0 Å². The Bertz CT molecular complexity index is 464. The first kappa shape index (κ1) is 14.4. The van der Waals surface area contributed by atoms with E-state index in [1.165, 1.54) is 50.0 Å². The molecule has 0 aromatic heterocycles. The van der Waals surface area contributed by atoms with E-state index in [0.717, 1.165) is 24.8 Å². The summed E-state index contributed by atoms with van der Waals surface area (Å²) in [5, 5.41) is 0. The number of piperazine rings is 1. The lowest BCUT2D eigenvalue weighted by molar-refractivity contribution is 0.158. The van der Waals surface area contributed by atoms with Crippen molar-refractivity contribution in [3.05, 3.63) is 36.4 Å². The summed E-state index contributed by atoms with van der Waals surface area (Å²) in [6.45, 7) is 8.70. The fraction of sp³-hybridized carbons (Fsp3) is 0.529. The molecule has 1 aliphatic carbocycles. The summed E-state index contributed by atoms with van der Waals surface area (Å²) in [6, 6.07) is 9.15. The molecule has 3 N–H and O–H groups in total. The van der Waals surface area contributed by atoms with Gasteiger partial charge in [0.2, 0.25) is 0 Å². The molecule has 21 heavy (non-hydrogen) atoms. The zero-order chi connectivity index (χ0) is 14.7. The zero-order valence-electron chi connectivity index (χ0n) is 12.7. The molecule has 2 aliphatic rings. The van der Waals surface area contributed by atoms with Crippen LogP contribution >= 0.6 is 0 Å². The summed E-state index contributed by atoms with van der Waals surface area (Å²) >= 11 is 0. The average Bonchev–Trinajstić information content (AvgIpc) is 2.56. The highest BCUT2D eigenvalue weighted by Gasteiger charge is 2.25. The number of nitrogens with two attached hydrogens (primary N) is 1. The Hall–Kier alpha value is -1.52. The predicted octanol–water partition coefficient (Wildman–Crippen LogP) is 2.59. The lowest BCUT2D eigenvalue weighted by atomic mass is 9.90. The summed E-state index contributed by atoms with van der Waals surface area (Å²) < 4.78 is 0. The Labute approximate surface area is 127 Å². The molecule has 1 aliphatic heterocycles. The fourth-order valence-electron chi connectivity index (χ4n) is 3.49. The Morgan fingerprint density at radius 2 is 1.62 bits per heavy atom. The van der Waals surface area contributed by atoms with E-state index in [-0.39, 0.29) is 0 Å². The van der Waals surface area contributed by atoms with Gasteiger partial charge in [0, 0.05) is 43.6 Å². The van der Waals surface area contributed by atoms with Crippen molar-refractivity contribution in [3.63, 3.8) is 0 Å². The number of hydrazine groups is 1. The second-order valence-corrected chi connectivity index (χ2v) is 6.20. The molecule has 0 radical (unpaired) electrons. The van der Waals surface area contributed by atoms with Crippen molar-refractivity contribution in [1.29, 1.82) is 0 Å². The normalized spacial score (nSPS) is 21.6. The van der Waals surface area contributed by atoms with Gasteiger partial charge in [0.05, 0.1) is 0 Å². The highest BCUT2D eigenvalue weighted by Crippen LogP contribution is 2.27. The third kappa shape index (κ3) is 3.39. The number of anilines is 2. The minimum absolute atomic E-state index is 0.779. The molecular weight excluding hydrogens is 260 g/mol. The first-order chi connectivity index (χ1) is 10.3. The van der Waals surface area contributed by atoms with Crippen LogP contribution in [0.25, 0.3) is 0 Å². The average molecular weight is 286 g/mol. The Morgan fingerprint density at radius 3 is 2.19 bits per heavy atom. The van der Waals surface area contributed by atoms with Crippen LogP contribution in [0.4, 0.5) is 11.4 Å². The number of allylic oxidation sites excluding steroid dienone is 1. The first-order valence-electron chi connectivity index (χ1n) is 7.98. The molecule has 0 atom stereocenters. The van der Waals surface area contributed by atoms with Crippen LogP contribution in [0.5, 0.6) is 0 Å². The van der Waals surface area contributed by atoms with E-state index < -0.39 is 0 Å². The van der Waals surface area contributed by atoms with Gasteiger partial charge < -0.3 is 10.3 Å². The van der Waals surface area contributed by atoms with Crippen LogP contribution in [0.2, 0.25) is 0 Å². The number of hydrogen-bond donors (Lipinski definition) is 2. The van der Waals surface area contributed by atoms with Crippen molar-refractivity contribution in [2.75, 3.05) is 36.5 Å². The third-order valence-corrected chi connectivity index (χ3v) is 4.89. The monoisotopic (exact) mass is 286 g/mol. The standard InChI is InChI=1S/C17H26N4/c1-14-2-6-16(7-3-14)20-10-12-21(13-11-20)17-8-4-15(19-18)5-9-17/h4-5,8-9,16,19H,1-3,6-7,10-13,18H2. The molecule has 114 valence electrons. The number of nitrogens with zero attached hydrogens (tertiary/aromatic N) is 2. The van der Waals surface area contributed by atoms with E-state index in [1.54, 1.807) is 0 Å². The number of nitrogens with one attached hydrogen (secondary N) is 1. The van der Waals surface area contributed by atoms with E-state index in [9.17, 15) is 0 Å². The van der Waals surface area contributed by atoms with Gasteiger partial charge in [0.1, 0.15) is 0 Å². The molecule has 1 saturated heterocycles. The van der Waals surface area contributed by atoms with E-state index in [0.29, 0.717) is 0 Å². The maximum Gasteiger partial charge on any atom is 0.0486 e. The lowest BCUT2D eigenvalue weighted by Gasteiger charge is -2.41. The van der Waals surface area contributed by atoms with Crippen LogP contribution in [0.3, 0.4) is 0 Å². The molecule has 1 aromatic carbocycles. The minimum atomic E-state index is 0.779. The number of nitrogen functional groups attached to an aromatic ring is 1. The van der Waals surface area contributed by atoms with Crippen LogP contribution in [0.1, 0.15) is 25.7 Å². The molecule has 0 amide bonds. The van der Waals surface area contributed by atoms with Crippen molar-refractivity contribution < 1.29 is 0 Å². The molecule has 0 bridgehead atoms. The summed E-state index contributed by atoms with van der Waals surface area (Å²) in [4.78, 5) is 5.15. The molecule has 1 saturated carbocycles. The Kier molecular flexibility index (Phi) is 4.46. The molecule has 2 fully saturated rings. The van der Waals surface area contributed by atoms with Gasteiger partial charge in [-0.05, 0) is 49.9 Å². The van der Waals surface area contributed by atoms with E-state index in [2.05, 4.69) is 33.9 Å². The summed E-state index contributed by atoms with van der Waals surface area (Å²) in [6.07, 6.45) is 5.04. The molecular formula is C17H26N4. The summed E-state index contributed by atoms with van der Waals surface area (Å²) in [7, 11) is 0. The minimum Gasteiger partial charge on any atom is -0.369 e. The Balaban J connectivity index is 1.53. The van der Waals surface area contributed by atoms with Gasteiger partial charge >= 0.3 is 0 Å². The Morgan fingerprint density at radius 1 is 1.00 bits per heavy atom. The maximum atomic E-state index is 5.41. The molecule has 1 aromatic rings. The van der Waals surface area contributed by atoms with E-state index in [4.69, 9.17) is 5.84 Å². The van der Waals surface area contributed by atoms with Crippen molar-refractivity contribution >= 4 is 11.4 Å². The molecule has 0 spiro atoms. The predicted molar refractivity (Wildman–Crippen MR) is 89.4 cm³/mol. The second-order valence-electron chi connectivity index (χ2n) is 6.20. The fourth-order valence-corrected chi connectivity index (χ4v) is 3.49. The third-order valence-electron chi connectivity index (χ3n) is 4.89. The van der Waals surface area contributed by atoms with E-state index in [1.807, 2.05) is 12.1 Å². The van der Waals surface area contributed by atoms with Crippen LogP contribution in [-0.4, -0.2) is 37.1 Å². The zero-order valence-corrected chi connectivity index (χ0v) is 12.7. The lowest BCUT2D eigenvalue weighted by Crippen LogP contribution is -2.50. The highest BCUT2D eigenvalue weighted by atomic mass is 15.3. The number of hydrogen-bond acceptors (Lipinski definition) is 4. The molecule has 4 nitrogen and oxygen atoms in total. The van der Waals surface area contributed by atoms with Crippen molar-refractivity contribution in [2.24, 2.45) is 5.84 Å². The van der Waals surface area contributed by atoms with Crippen LogP contribution in [0, 0.1) is 0 Å². The van der Waals surface area contributed by atoms with Crippen molar-refractivity contribution in [1.82, 2.24) is 4.90 Å². The summed E-state index contributed by atoms with van der Waals surface area (Å²) in [5.41, 5.74) is 6.38. The smallest absolute Gasteiger partial charge is 0.0486 e. The maximum absolute atomic E-state index is 5.41. The van der Waals surface area contributed by atoms with Crippen molar-refractivity contribution in [2.45, 2.75) is 31.7 Å². The molecule has 0 unspecified atom stereocenters. The van der Waals surface area contributed by atoms with Gasteiger partial charge in [-0.1, -0.05) is 12.2 Å². The quantitative estimate of drug-likeness (QED) is 0.509. The first-order valence-corrected chi connectivity index (χ1v) is 7.98. The van der Waals surface area contributed by atoms with Crippen LogP contribution < -0.4 is 16.2 Å². The number of rotatable bonds is 3. The van der Waals surface area contributed by atoms with Gasteiger partial charge in [-0.25, -0.2) is 0 Å². The van der Waals surface area contributed by atoms with Gasteiger partial charge in [-0.15, -0.1) is 0 Å². The molecule has 1 heterocycles. The summed E-state index contributed by atoms with van der Waals surface area (Å²) in [5.74, 6) is 5.41. The van der Waals surface area contributed by atoms with E-state index >= 15 is 0 Å². The van der Waals surface area contributed by atoms with Gasteiger partial charge in [0.15, 0.2) is 0 Å². The SMILES string of the molecule is C=C1CCC(N2CCN(c3ccc(NN)cc3)CC2)CC1.